The van der Waals surface area contributed by atoms with Gasteiger partial charge >= 0.3 is 0 Å². The molecule has 0 spiro atoms. The van der Waals surface area contributed by atoms with E-state index in [2.05, 4.69) is 4.72 Å². The zero-order valence-electron chi connectivity index (χ0n) is 10.4. The van der Waals surface area contributed by atoms with E-state index in [1.807, 2.05) is 0 Å². The Balaban J connectivity index is 2.83. The van der Waals surface area contributed by atoms with Crippen molar-refractivity contribution in [1.29, 1.82) is 0 Å². The molecule has 0 aromatic heterocycles. The average Bonchev–Trinajstić information content (AvgIpc) is 2.29. The fourth-order valence-electron chi connectivity index (χ4n) is 1.46. The fraction of sp³-hybridized carbons (Fsp3) is 0.455. The number of anilines is 1. The average molecular weight is 294 g/mol. The standard InChI is InChI=1S/C11H16F2N2O3S/c1-7(16)3-2-4-15-19(17,18)10-6-8(14)5-9(12)11(10)13/h5-7,15-16H,2-4,14H2,1H3. The quantitative estimate of drug-likeness (QED) is 0.539. The van der Waals surface area contributed by atoms with Gasteiger partial charge in [-0.3, -0.25) is 0 Å². The molecule has 1 aromatic carbocycles. The molecule has 1 unspecified atom stereocenters. The highest BCUT2D eigenvalue weighted by molar-refractivity contribution is 7.89. The van der Waals surface area contributed by atoms with Crippen LogP contribution in [0.15, 0.2) is 17.0 Å². The Hall–Kier alpha value is -1.25. The van der Waals surface area contributed by atoms with Crippen LogP contribution in [0.3, 0.4) is 0 Å². The first-order valence-electron chi connectivity index (χ1n) is 5.66. The molecule has 0 fully saturated rings. The number of benzene rings is 1. The van der Waals surface area contributed by atoms with Crippen molar-refractivity contribution in [3.05, 3.63) is 23.8 Å². The van der Waals surface area contributed by atoms with Crippen LogP contribution in [0.4, 0.5) is 14.5 Å². The normalized spacial score (nSPS) is 13.5. The van der Waals surface area contributed by atoms with Crippen molar-refractivity contribution in [2.24, 2.45) is 0 Å². The van der Waals surface area contributed by atoms with Gasteiger partial charge in [0.15, 0.2) is 11.6 Å². The first kappa shape index (κ1) is 15.8. The lowest BCUT2D eigenvalue weighted by atomic mass is 10.2. The molecule has 5 nitrogen and oxygen atoms in total. The van der Waals surface area contributed by atoms with E-state index in [0.717, 1.165) is 6.07 Å². The number of sulfonamides is 1. The molecule has 1 atom stereocenters. The highest BCUT2D eigenvalue weighted by Crippen LogP contribution is 2.20. The molecule has 0 bridgehead atoms. The molecule has 19 heavy (non-hydrogen) atoms. The fourth-order valence-corrected chi connectivity index (χ4v) is 2.65. The molecule has 1 rings (SSSR count). The topological polar surface area (TPSA) is 92.4 Å². The van der Waals surface area contributed by atoms with Gasteiger partial charge in [0.1, 0.15) is 4.90 Å². The third-order valence-corrected chi connectivity index (χ3v) is 3.86. The summed E-state index contributed by atoms with van der Waals surface area (Å²) in [6.07, 6.45) is 0.227. The Morgan fingerprint density at radius 3 is 2.63 bits per heavy atom. The van der Waals surface area contributed by atoms with Gasteiger partial charge in [-0.05, 0) is 31.9 Å². The molecule has 0 heterocycles. The van der Waals surface area contributed by atoms with Gasteiger partial charge in [-0.2, -0.15) is 0 Å². The van der Waals surface area contributed by atoms with Crippen LogP contribution in [0.5, 0.6) is 0 Å². The smallest absolute Gasteiger partial charge is 0.243 e. The summed E-state index contributed by atoms with van der Waals surface area (Å²) >= 11 is 0. The zero-order valence-corrected chi connectivity index (χ0v) is 11.2. The summed E-state index contributed by atoms with van der Waals surface area (Å²) in [4.78, 5) is -0.818. The van der Waals surface area contributed by atoms with Crippen LogP contribution < -0.4 is 10.5 Å². The Bertz CT molecular complexity index is 547. The first-order chi connectivity index (χ1) is 8.74. The van der Waals surface area contributed by atoms with Gasteiger partial charge in [0.2, 0.25) is 10.0 Å². The molecule has 4 N–H and O–H groups in total. The van der Waals surface area contributed by atoms with Crippen LogP contribution >= 0.6 is 0 Å². The Labute approximate surface area is 110 Å². The molecule has 0 aliphatic heterocycles. The van der Waals surface area contributed by atoms with Crippen LogP contribution in [0.1, 0.15) is 19.8 Å². The monoisotopic (exact) mass is 294 g/mol. The minimum absolute atomic E-state index is 0.0170. The number of halogens is 2. The summed E-state index contributed by atoms with van der Waals surface area (Å²) in [5, 5.41) is 9.01. The number of rotatable bonds is 6. The first-order valence-corrected chi connectivity index (χ1v) is 7.14. The van der Waals surface area contributed by atoms with Crippen molar-refractivity contribution < 1.29 is 22.3 Å². The summed E-state index contributed by atoms with van der Waals surface area (Å²) in [6.45, 7) is 1.59. The van der Waals surface area contributed by atoms with Crippen LogP contribution in [0.25, 0.3) is 0 Å². The summed E-state index contributed by atoms with van der Waals surface area (Å²) in [6, 6.07) is 1.57. The molecule has 8 heteroatoms. The van der Waals surface area contributed by atoms with Gasteiger partial charge in [0.25, 0.3) is 0 Å². The number of nitrogens with one attached hydrogen (secondary N) is 1. The number of hydrogen-bond donors (Lipinski definition) is 3. The van der Waals surface area contributed by atoms with Crippen LogP contribution in [-0.2, 0) is 10.0 Å². The van der Waals surface area contributed by atoms with E-state index in [0.29, 0.717) is 18.9 Å². The van der Waals surface area contributed by atoms with Crippen molar-refractivity contribution in [3.63, 3.8) is 0 Å². The van der Waals surface area contributed by atoms with E-state index in [1.54, 1.807) is 6.92 Å². The molecular formula is C11H16F2N2O3S. The van der Waals surface area contributed by atoms with Crippen molar-refractivity contribution >= 4 is 15.7 Å². The summed E-state index contributed by atoms with van der Waals surface area (Å²) < 4.78 is 52.2. The molecule has 108 valence electrons. The SMILES string of the molecule is CC(O)CCCNS(=O)(=O)c1cc(N)cc(F)c1F. The number of nitrogen functional groups attached to an aromatic ring is 1. The maximum Gasteiger partial charge on any atom is 0.243 e. The van der Waals surface area contributed by atoms with E-state index in [1.165, 1.54) is 0 Å². The largest absolute Gasteiger partial charge is 0.399 e. The molecule has 0 aliphatic carbocycles. The van der Waals surface area contributed by atoms with Crippen LogP contribution in [-0.4, -0.2) is 26.2 Å². The van der Waals surface area contributed by atoms with Gasteiger partial charge in [0, 0.05) is 12.2 Å². The molecule has 0 saturated carbocycles. The number of aliphatic hydroxyl groups is 1. The summed E-state index contributed by atoms with van der Waals surface area (Å²) in [5.74, 6) is -2.78. The van der Waals surface area contributed by atoms with Crippen molar-refractivity contribution in [3.8, 4) is 0 Å². The summed E-state index contributed by atoms with van der Waals surface area (Å²) in [7, 11) is -4.16. The van der Waals surface area contributed by atoms with Gasteiger partial charge in [-0.15, -0.1) is 0 Å². The minimum atomic E-state index is -4.16. The maximum absolute atomic E-state index is 13.4. The van der Waals surface area contributed by atoms with Crippen molar-refractivity contribution in [2.75, 3.05) is 12.3 Å². The second-order valence-corrected chi connectivity index (χ2v) is 5.94. The van der Waals surface area contributed by atoms with E-state index >= 15 is 0 Å². The van der Waals surface area contributed by atoms with Crippen LogP contribution in [0, 0.1) is 11.6 Å². The van der Waals surface area contributed by atoms with Crippen molar-refractivity contribution in [2.45, 2.75) is 30.8 Å². The van der Waals surface area contributed by atoms with E-state index < -0.39 is 32.7 Å². The highest BCUT2D eigenvalue weighted by atomic mass is 32.2. The maximum atomic E-state index is 13.4. The van der Waals surface area contributed by atoms with Gasteiger partial charge < -0.3 is 10.8 Å². The third-order valence-electron chi connectivity index (χ3n) is 2.40. The number of aliphatic hydroxyl groups excluding tert-OH is 1. The zero-order chi connectivity index (χ0) is 14.6. The third kappa shape index (κ3) is 4.41. The Kier molecular flexibility index (Phi) is 5.21. The number of hydrogen-bond acceptors (Lipinski definition) is 4. The predicted molar refractivity (Wildman–Crippen MR) is 66.9 cm³/mol. The van der Waals surface area contributed by atoms with Gasteiger partial charge in [-0.1, -0.05) is 0 Å². The highest BCUT2D eigenvalue weighted by Gasteiger charge is 2.22. The lowest BCUT2D eigenvalue weighted by molar-refractivity contribution is 0.182. The van der Waals surface area contributed by atoms with E-state index in [4.69, 9.17) is 10.8 Å². The van der Waals surface area contributed by atoms with Gasteiger partial charge in [-0.25, -0.2) is 21.9 Å². The van der Waals surface area contributed by atoms with Crippen LogP contribution in [0.2, 0.25) is 0 Å². The van der Waals surface area contributed by atoms with E-state index in [-0.39, 0.29) is 12.2 Å². The second-order valence-electron chi connectivity index (χ2n) is 4.20. The molecule has 0 amide bonds. The number of nitrogens with two attached hydrogens (primary N) is 1. The Morgan fingerprint density at radius 2 is 2.05 bits per heavy atom. The summed E-state index contributed by atoms with van der Waals surface area (Å²) in [5.41, 5.74) is 5.11. The van der Waals surface area contributed by atoms with Crippen molar-refractivity contribution in [1.82, 2.24) is 4.72 Å². The molecule has 1 aromatic rings. The Morgan fingerprint density at radius 1 is 1.42 bits per heavy atom. The lowest BCUT2D eigenvalue weighted by Crippen LogP contribution is -2.26. The second kappa shape index (κ2) is 6.27. The van der Waals surface area contributed by atoms with E-state index in [9.17, 15) is 17.2 Å². The van der Waals surface area contributed by atoms with Gasteiger partial charge in [0.05, 0.1) is 6.10 Å². The molecule has 0 radical (unpaired) electrons. The predicted octanol–water partition coefficient (Wildman–Crippen LogP) is 0.986. The minimum Gasteiger partial charge on any atom is -0.399 e. The molecule has 0 saturated heterocycles. The lowest BCUT2D eigenvalue weighted by Gasteiger charge is -2.09. The molecule has 0 aliphatic rings. The molecular weight excluding hydrogens is 278 g/mol.